The molecule has 0 fully saturated rings. The number of alkyl halides is 6. The topological polar surface area (TPSA) is 58.1 Å². The SMILES string of the molecule is O=C=Nc1ccc(-c2c(C(F)(F)F)n[nH]c2C(F)(F)F)cc1. The first-order valence-electron chi connectivity index (χ1n) is 5.55. The number of H-pyrrole nitrogens is 1. The monoisotopic (exact) mass is 321 g/mol. The third-order valence-corrected chi connectivity index (χ3v) is 2.65. The minimum Gasteiger partial charge on any atom is -0.272 e. The summed E-state index contributed by atoms with van der Waals surface area (Å²) < 4.78 is 76.9. The van der Waals surface area contributed by atoms with Crippen LogP contribution in [0.1, 0.15) is 11.4 Å². The Morgan fingerprint density at radius 3 is 2.05 bits per heavy atom. The average molecular weight is 321 g/mol. The molecular formula is C12H5F6N3O. The van der Waals surface area contributed by atoms with Crippen LogP contribution < -0.4 is 0 Å². The van der Waals surface area contributed by atoms with Gasteiger partial charge in [0.2, 0.25) is 6.08 Å². The number of nitrogens with one attached hydrogen (secondary N) is 1. The molecule has 0 aliphatic rings. The molecule has 1 N–H and O–H groups in total. The van der Waals surface area contributed by atoms with Gasteiger partial charge < -0.3 is 0 Å². The van der Waals surface area contributed by atoms with Gasteiger partial charge in [-0.25, -0.2) is 4.79 Å². The number of nitrogens with zero attached hydrogens (tertiary/aromatic N) is 2. The maximum Gasteiger partial charge on any atom is 0.435 e. The first-order chi connectivity index (χ1) is 10.1. The maximum absolute atomic E-state index is 12.8. The van der Waals surface area contributed by atoms with Gasteiger partial charge in [-0.15, -0.1) is 0 Å². The van der Waals surface area contributed by atoms with E-state index in [1.54, 1.807) is 0 Å². The van der Waals surface area contributed by atoms with Gasteiger partial charge in [0, 0.05) is 5.56 Å². The number of aliphatic imine (C=N–C) groups is 1. The Morgan fingerprint density at radius 2 is 1.59 bits per heavy atom. The number of halogens is 6. The van der Waals surface area contributed by atoms with Crippen molar-refractivity contribution in [1.29, 1.82) is 0 Å². The van der Waals surface area contributed by atoms with Crippen LogP contribution in [0.4, 0.5) is 32.0 Å². The molecule has 0 unspecified atom stereocenters. The quantitative estimate of drug-likeness (QED) is 0.515. The van der Waals surface area contributed by atoms with Crippen LogP contribution in [0.5, 0.6) is 0 Å². The van der Waals surface area contributed by atoms with Crippen LogP contribution in [0.2, 0.25) is 0 Å². The zero-order valence-electron chi connectivity index (χ0n) is 10.4. The van der Waals surface area contributed by atoms with E-state index in [9.17, 15) is 31.1 Å². The van der Waals surface area contributed by atoms with Gasteiger partial charge in [0.25, 0.3) is 0 Å². The smallest absolute Gasteiger partial charge is 0.272 e. The lowest BCUT2D eigenvalue weighted by Gasteiger charge is -2.10. The summed E-state index contributed by atoms with van der Waals surface area (Å²) in [6.45, 7) is 0. The highest BCUT2D eigenvalue weighted by atomic mass is 19.4. The lowest BCUT2D eigenvalue weighted by molar-refractivity contribution is -0.141. The number of aromatic nitrogens is 2. The van der Waals surface area contributed by atoms with Gasteiger partial charge in [-0.2, -0.15) is 36.4 Å². The molecule has 22 heavy (non-hydrogen) atoms. The predicted octanol–water partition coefficient (Wildman–Crippen LogP) is 4.08. The van der Waals surface area contributed by atoms with Crippen LogP contribution in [-0.2, 0) is 17.1 Å². The highest BCUT2D eigenvalue weighted by molar-refractivity contribution is 5.71. The zero-order valence-corrected chi connectivity index (χ0v) is 10.4. The molecule has 0 amide bonds. The molecule has 0 radical (unpaired) electrons. The number of hydrogen-bond donors (Lipinski definition) is 1. The highest BCUT2D eigenvalue weighted by Gasteiger charge is 2.44. The van der Waals surface area contributed by atoms with Gasteiger partial charge in [-0.05, 0) is 17.7 Å². The van der Waals surface area contributed by atoms with Crippen molar-refractivity contribution in [2.45, 2.75) is 12.4 Å². The molecule has 1 aromatic heterocycles. The van der Waals surface area contributed by atoms with Crippen LogP contribution >= 0.6 is 0 Å². The van der Waals surface area contributed by atoms with Crippen molar-refractivity contribution in [2.75, 3.05) is 0 Å². The van der Waals surface area contributed by atoms with Crippen LogP contribution in [0.25, 0.3) is 11.1 Å². The Bertz CT molecular complexity index is 691. The minimum atomic E-state index is -5.06. The maximum atomic E-state index is 12.8. The molecule has 4 nitrogen and oxygen atoms in total. The summed E-state index contributed by atoms with van der Waals surface area (Å²) >= 11 is 0. The van der Waals surface area contributed by atoms with E-state index < -0.39 is 29.3 Å². The van der Waals surface area contributed by atoms with Crippen LogP contribution in [-0.4, -0.2) is 16.3 Å². The van der Waals surface area contributed by atoms with Crippen molar-refractivity contribution >= 4 is 11.8 Å². The van der Waals surface area contributed by atoms with Gasteiger partial charge in [0.15, 0.2) is 5.69 Å². The second-order valence-electron chi connectivity index (χ2n) is 4.07. The Labute approximate surface area is 118 Å². The molecule has 2 aromatic rings. The second-order valence-corrected chi connectivity index (χ2v) is 4.07. The summed E-state index contributed by atoms with van der Waals surface area (Å²) in [7, 11) is 0. The van der Waals surface area contributed by atoms with Crippen molar-refractivity contribution < 1.29 is 31.1 Å². The molecule has 0 aliphatic carbocycles. The van der Waals surface area contributed by atoms with E-state index >= 15 is 0 Å². The molecule has 1 heterocycles. The lowest BCUT2D eigenvalue weighted by atomic mass is 10.0. The van der Waals surface area contributed by atoms with Crippen molar-refractivity contribution in [3.05, 3.63) is 35.7 Å². The average Bonchev–Trinajstić information content (AvgIpc) is 2.84. The van der Waals surface area contributed by atoms with Crippen molar-refractivity contribution in [3.8, 4) is 11.1 Å². The number of isocyanates is 1. The summed E-state index contributed by atoms with van der Waals surface area (Å²) in [5.41, 5.74) is -4.71. The largest absolute Gasteiger partial charge is 0.435 e. The van der Waals surface area contributed by atoms with Gasteiger partial charge in [-0.1, -0.05) is 12.1 Å². The van der Waals surface area contributed by atoms with Crippen LogP contribution in [0.15, 0.2) is 29.3 Å². The molecule has 0 saturated heterocycles. The molecule has 1 aromatic carbocycles. The number of carbonyl (C=O) groups excluding carboxylic acids is 1. The molecular weight excluding hydrogens is 316 g/mol. The Balaban J connectivity index is 2.66. The molecule has 0 atom stereocenters. The molecule has 10 heteroatoms. The first-order valence-corrected chi connectivity index (χ1v) is 5.55. The van der Waals surface area contributed by atoms with E-state index in [-0.39, 0.29) is 11.3 Å². The minimum absolute atomic E-state index is 0.0457. The number of hydrogen-bond acceptors (Lipinski definition) is 3. The summed E-state index contributed by atoms with van der Waals surface area (Å²) in [4.78, 5) is 13.3. The number of benzene rings is 1. The van der Waals surface area contributed by atoms with Crippen LogP contribution in [0, 0.1) is 0 Å². The molecule has 0 saturated carbocycles. The van der Waals surface area contributed by atoms with Gasteiger partial charge in [0.1, 0.15) is 5.69 Å². The third kappa shape index (κ3) is 3.01. The fourth-order valence-electron chi connectivity index (χ4n) is 1.79. The van der Waals surface area contributed by atoms with Crippen molar-refractivity contribution in [2.24, 2.45) is 4.99 Å². The Morgan fingerprint density at radius 1 is 1.00 bits per heavy atom. The van der Waals surface area contributed by atoms with Gasteiger partial charge >= 0.3 is 12.4 Å². The number of aromatic amines is 1. The van der Waals surface area contributed by atoms with E-state index in [1.165, 1.54) is 11.2 Å². The summed E-state index contributed by atoms with van der Waals surface area (Å²) in [6, 6.07) is 4.14. The summed E-state index contributed by atoms with van der Waals surface area (Å²) in [6.07, 6.45) is -8.89. The van der Waals surface area contributed by atoms with E-state index in [4.69, 9.17) is 0 Å². The third-order valence-electron chi connectivity index (χ3n) is 2.65. The van der Waals surface area contributed by atoms with E-state index in [0.29, 0.717) is 0 Å². The molecule has 2 rings (SSSR count). The van der Waals surface area contributed by atoms with Gasteiger partial charge in [-0.3, -0.25) is 5.10 Å². The number of rotatable bonds is 2. The van der Waals surface area contributed by atoms with Gasteiger partial charge in [0.05, 0.1) is 5.69 Å². The Hall–Kier alpha value is -2.61. The molecule has 0 spiro atoms. The summed E-state index contributed by atoms with van der Waals surface area (Å²) in [5.74, 6) is 0. The lowest BCUT2D eigenvalue weighted by Crippen LogP contribution is -2.10. The molecule has 0 bridgehead atoms. The zero-order chi connectivity index (χ0) is 16.5. The van der Waals surface area contributed by atoms with Crippen LogP contribution in [0.3, 0.4) is 0 Å². The van der Waals surface area contributed by atoms with Crippen molar-refractivity contribution in [1.82, 2.24) is 10.2 Å². The second kappa shape index (κ2) is 5.30. The van der Waals surface area contributed by atoms with E-state index in [2.05, 4.69) is 10.1 Å². The fraction of sp³-hybridized carbons (Fsp3) is 0.167. The standard InChI is InChI=1S/C12H5F6N3O/c13-11(14,15)9-8(10(21-20-9)12(16,17)18)6-1-3-7(4-2-6)19-5-22/h1-4H,(H,20,21). The van der Waals surface area contributed by atoms with E-state index in [0.717, 1.165) is 24.3 Å². The van der Waals surface area contributed by atoms with E-state index in [1.807, 2.05) is 0 Å². The fourth-order valence-corrected chi connectivity index (χ4v) is 1.79. The molecule has 0 aliphatic heterocycles. The first kappa shape index (κ1) is 15.8. The highest BCUT2D eigenvalue weighted by Crippen LogP contribution is 2.43. The predicted molar refractivity (Wildman–Crippen MR) is 61.8 cm³/mol. The normalized spacial score (nSPS) is 12.1. The Kier molecular flexibility index (Phi) is 3.80. The summed E-state index contributed by atoms with van der Waals surface area (Å²) in [5, 5.41) is 4.11. The van der Waals surface area contributed by atoms with Crippen molar-refractivity contribution in [3.63, 3.8) is 0 Å². The molecule has 116 valence electrons.